The molecule has 2 heteroatoms. The monoisotopic (exact) mass is 320 g/mol. The maximum Gasteiger partial charge on any atom is 0.0496 e. The van der Waals surface area contributed by atoms with Crippen LogP contribution >= 0.6 is 0 Å². The van der Waals surface area contributed by atoms with Crippen molar-refractivity contribution < 1.29 is 0 Å². The average Bonchev–Trinajstić information content (AvgIpc) is 3.16. The number of nitrogens with one attached hydrogen (secondary N) is 1. The topological polar surface area (TPSA) is 20.7 Å². The molecule has 2 nitrogen and oxygen atoms in total. The first kappa shape index (κ1) is 13.1. The molecule has 0 spiro atoms. The lowest BCUT2D eigenvalue weighted by atomic mass is 10.0. The Morgan fingerprint density at radius 1 is 0.640 bits per heavy atom. The van der Waals surface area contributed by atoms with E-state index in [1.54, 1.807) is 0 Å². The smallest absolute Gasteiger partial charge is 0.0496 e. The third-order valence-corrected chi connectivity index (χ3v) is 5.52. The van der Waals surface area contributed by atoms with Gasteiger partial charge in [0.25, 0.3) is 0 Å². The summed E-state index contributed by atoms with van der Waals surface area (Å²) in [6, 6.07) is 26.3. The number of para-hydroxylation sites is 1. The molecular weight excluding hydrogens is 304 g/mol. The lowest BCUT2D eigenvalue weighted by Gasteiger charge is -2.01. The second-order valence-electron chi connectivity index (χ2n) is 6.83. The van der Waals surface area contributed by atoms with Gasteiger partial charge in [0.15, 0.2) is 0 Å². The molecule has 2 aromatic heterocycles. The van der Waals surface area contributed by atoms with E-state index in [4.69, 9.17) is 0 Å². The number of fused-ring (bicyclic) bond motifs is 8. The highest BCUT2D eigenvalue weighted by molar-refractivity contribution is 6.24. The summed E-state index contributed by atoms with van der Waals surface area (Å²) in [7, 11) is 2.17. The van der Waals surface area contributed by atoms with Crippen molar-refractivity contribution in [2.75, 3.05) is 0 Å². The van der Waals surface area contributed by atoms with Gasteiger partial charge >= 0.3 is 0 Å². The van der Waals surface area contributed by atoms with Crippen LogP contribution in [0.15, 0.2) is 72.8 Å². The van der Waals surface area contributed by atoms with E-state index in [0.717, 1.165) is 0 Å². The Hall–Kier alpha value is -3.26. The molecule has 6 rings (SSSR count). The van der Waals surface area contributed by atoms with Gasteiger partial charge < -0.3 is 9.55 Å². The van der Waals surface area contributed by atoms with Crippen LogP contribution in [-0.4, -0.2) is 9.55 Å². The maximum atomic E-state index is 3.58. The first-order valence-corrected chi connectivity index (χ1v) is 8.61. The summed E-state index contributed by atoms with van der Waals surface area (Å²) in [6.45, 7) is 0. The van der Waals surface area contributed by atoms with Crippen LogP contribution in [0.5, 0.6) is 0 Å². The van der Waals surface area contributed by atoms with Crippen LogP contribution in [0.1, 0.15) is 0 Å². The van der Waals surface area contributed by atoms with Crippen molar-refractivity contribution in [2.24, 2.45) is 7.05 Å². The molecule has 2 heterocycles. The first-order valence-electron chi connectivity index (χ1n) is 8.61. The van der Waals surface area contributed by atoms with Gasteiger partial charge in [0.2, 0.25) is 0 Å². The van der Waals surface area contributed by atoms with Crippen molar-refractivity contribution in [2.45, 2.75) is 0 Å². The first-order chi connectivity index (χ1) is 12.3. The molecule has 0 saturated heterocycles. The molecule has 0 radical (unpaired) electrons. The molecule has 25 heavy (non-hydrogen) atoms. The fourth-order valence-corrected chi connectivity index (χ4v) is 4.32. The fourth-order valence-electron chi connectivity index (χ4n) is 4.32. The predicted molar refractivity (Wildman–Crippen MR) is 107 cm³/mol. The molecule has 0 atom stereocenters. The van der Waals surface area contributed by atoms with Gasteiger partial charge in [-0.1, -0.05) is 48.5 Å². The van der Waals surface area contributed by atoms with Crippen LogP contribution in [0, 0.1) is 0 Å². The molecule has 0 fully saturated rings. The van der Waals surface area contributed by atoms with Crippen LogP contribution in [0.25, 0.3) is 54.4 Å². The number of aromatic nitrogens is 2. The van der Waals surface area contributed by atoms with Gasteiger partial charge in [0, 0.05) is 50.7 Å². The summed E-state index contributed by atoms with van der Waals surface area (Å²) >= 11 is 0. The average molecular weight is 320 g/mol. The zero-order valence-electron chi connectivity index (χ0n) is 13.9. The van der Waals surface area contributed by atoms with E-state index in [1.165, 1.54) is 54.4 Å². The van der Waals surface area contributed by atoms with Crippen LogP contribution in [0.4, 0.5) is 0 Å². The van der Waals surface area contributed by atoms with Crippen LogP contribution in [0.2, 0.25) is 0 Å². The van der Waals surface area contributed by atoms with Gasteiger partial charge in [-0.2, -0.15) is 0 Å². The van der Waals surface area contributed by atoms with E-state index >= 15 is 0 Å². The molecule has 0 aliphatic carbocycles. The highest BCUT2D eigenvalue weighted by Crippen LogP contribution is 2.37. The van der Waals surface area contributed by atoms with E-state index in [1.807, 2.05) is 0 Å². The van der Waals surface area contributed by atoms with Crippen molar-refractivity contribution in [3.8, 4) is 0 Å². The van der Waals surface area contributed by atoms with Crippen LogP contribution in [0.3, 0.4) is 0 Å². The van der Waals surface area contributed by atoms with Gasteiger partial charge in [-0.15, -0.1) is 0 Å². The van der Waals surface area contributed by atoms with Gasteiger partial charge in [-0.25, -0.2) is 0 Å². The van der Waals surface area contributed by atoms with Gasteiger partial charge in [-0.3, -0.25) is 0 Å². The molecule has 6 aromatic rings. The Morgan fingerprint density at radius 3 is 2.36 bits per heavy atom. The second kappa shape index (κ2) is 4.42. The third kappa shape index (κ3) is 1.59. The zero-order chi connectivity index (χ0) is 16.5. The van der Waals surface area contributed by atoms with E-state index < -0.39 is 0 Å². The molecule has 0 saturated carbocycles. The van der Waals surface area contributed by atoms with E-state index in [2.05, 4.69) is 89.4 Å². The minimum Gasteiger partial charge on any atom is -0.354 e. The van der Waals surface area contributed by atoms with E-state index in [9.17, 15) is 0 Å². The SMILES string of the molecule is Cn1c2cc3c(cc2c2c4ccccc4ccc21)[nH]c1ccccc13. The Bertz CT molecular complexity index is 1450. The maximum absolute atomic E-state index is 3.58. The highest BCUT2D eigenvalue weighted by atomic mass is 14.9. The quantitative estimate of drug-likeness (QED) is 0.348. The number of aryl methyl sites for hydroxylation is 1. The molecule has 4 aromatic carbocycles. The van der Waals surface area contributed by atoms with Crippen LogP contribution < -0.4 is 0 Å². The van der Waals surface area contributed by atoms with Crippen molar-refractivity contribution in [1.29, 1.82) is 0 Å². The molecule has 118 valence electrons. The molecule has 0 aliphatic heterocycles. The molecule has 0 amide bonds. The minimum atomic E-state index is 1.20. The predicted octanol–water partition coefficient (Wildman–Crippen LogP) is 6.12. The number of hydrogen-bond acceptors (Lipinski definition) is 0. The van der Waals surface area contributed by atoms with Crippen molar-refractivity contribution in [3.63, 3.8) is 0 Å². The molecule has 0 aliphatic rings. The number of rotatable bonds is 0. The number of nitrogens with zero attached hydrogens (tertiary/aromatic N) is 1. The Kier molecular flexibility index (Phi) is 2.31. The molecule has 0 bridgehead atoms. The van der Waals surface area contributed by atoms with Gasteiger partial charge in [-0.05, 0) is 35.0 Å². The Balaban J connectivity index is 1.91. The van der Waals surface area contributed by atoms with Gasteiger partial charge in [0.1, 0.15) is 0 Å². The number of aromatic amines is 1. The summed E-state index contributed by atoms with van der Waals surface area (Å²) in [5, 5.41) is 7.85. The lowest BCUT2D eigenvalue weighted by molar-refractivity contribution is 1.02. The zero-order valence-corrected chi connectivity index (χ0v) is 13.9. The summed E-state index contributed by atoms with van der Waals surface area (Å²) < 4.78 is 2.32. The van der Waals surface area contributed by atoms with Crippen LogP contribution in [-0.2, 0) is 7.05 Å². The summed E-state index contributed by atoms with van der Waals surface area (Å²) in [5.41, 5.74) is 4.96. The molecule has 0 unspecified atom stereocenters. The summed E-state index contributed by atoms with van der Waals surface area (Å²) in [6.07, 6.45) is 0. The van der Waals surface area contributed by atoms with Crippen molar-refractivity contribution in [1.82, 2.24) is 9.55 Å². The fraction of sp³-hybridized carbons (Fsp3) is 0.0435. The summed E-state index contributed by atoms with van der Waals surface area (Å²) in [5.74, 6) is 0. The summed E-state index contributed by atoms with van der Waals surface area (Å²) in [4.78, 5) is 3.58. The third-order valence-electron chi connectivity index (χ3n) is 5.52. The van der Waals surface area contributed by atoms with Gasteiger partial charge in [0.05, 0.1) is 0 Å². The number of H-pyrrole nitrogens is 1. The van der Waals surface area contributed by atoms with Crippen molar-refractivity contribution >= 4 is 54.4 Å². The minimum absolute atomic E-state index is 1.20. The molecule has 1 N–H and O–H groups in total. The lowest BCUT2D eigenvalue weighted by Crippen LogP contribution is -1.86. The Labute approximate surface area is 144 Å². The van der Waals surface area contributed by atoms with Crippen molar-refractivity contribution in [3.05, 3.63) is 72.8 Å². The Morgan fingerprint density at radius 2 is 1.44 bits per heavy atom. The number of benzene rings is 4. The highest BCUT2D eigenvalue weighted by Gasteiger charge is 2.14. The standard InChI is InChI=1S/C23H16N2/c1-25-21-11-10-14-6-2-3-7-15(14)23(21)18-12-20-17(13-22(18)25)16-8-4-5-9-19(16)24-20/h2-13,24H,1H3. The molecular formula is C23H16N2. The van der Waals surface area contributed by atoms with E-state index in [-0.39, 0.29) is 0 Å². The van der Waals surface area contributed by atoms with E-state index in [0.29, 0.717) is 0 Å². The normalized spacial score (nSPS) is 12.2. The second-order valence-corrected chi connectivity index (χ2v) is 6.83. The number of hydrogen-bond donors (Lipinski definition) is 1. The largest absolute Gasteiger partial charge is 0.354 e.